The number of aromatic nitrogens is 3. The second kappa shape index (κ2) is 9.34. The number of alkyl halides is 3. The zero-order valence-corrected chi connectivity index (χ0v) is 18.4. The molecule has 0 spiro atoms. The highest BCUT2D eigenvalue weighted by molar-refractivity contribution is 5.65. The number of hydrogen-bond donors (Lipinski definition) is 1. The summed E-state index contributed by atoms with van der Waals surface area (Å²) in [6.07, 6.45) is -1.84. The third kappa shape index (κ3) is 4.99. The predicted molar refractivity (Wildman–Crippen MR) is 124 cm³/mol. The molecule has 2 aromatic carbocycles. The molecule has 0 unspecified atom stereocenters. The summed E-state index contributed by atoms with van der Waals surface area (Å²) in [5.74, 6) is 1.19. The molecule has 0 aliphatic carbocycles. The molecule has 1 aliphatic rings. The number of nitrogens with one attached hydrogen (secondary N) is 1. The van der Waals surface area contributed by atoms with Crippen LogP contribution >= 0.6 is 0 Å². The number of likely N-dealkylation sites (tertiary alicyclic amines) is 1. The third-order valence-corrected chi connectivity index (χ3v) is 5.85. The van der Waals surface area contributed by atoms with Crippen molar-refractivity contribution in [2.75, 3.05) is 31.6 Å². The Kier molecular flexibility index (Phi) is 6.10. The van der Waals surface area contributed by atoms with Crippen LogP contribution < -0.4 is 10.1 Å². The van der Waals surface area contributed by atoms with Gasteiger partial charge in [-0.05, 0) is 74.5 Å². The SMILES string of the molecule is FC(F)(F)c1ccc(-c2cccc3nc(Nc4ccc(OCCN5CCCC5)cc4)nn23)cc1. The Morgan fingerprint density at radius 1 is 0.912 bits per heavy atom. The predicted octanol–water partition coefficient (Wildman–Crippen LogP) is 5.63. The van der Waals surface area contributed by atoms with Crippen molar-refractivity contribution < 1.29 is 17.9 Å². The maximum absolute atomic E-state index is 12.9. The second-order valence-corrected chi connectivity index (χ2v) is 8.24. The lowest BCUT2D eigenvalue weighted by Crippen LogP contribution is -2.25. The van der Waals surface area contributed by atoms with E-state index in [0.717, 1.165) is 43.2 Å². The normalized spacial score (nSPS) is 14.6. The van der Waals surface area contributed by atoms with Gasteiger partial charge in [-0.25, -0.2) is 4.52 Å². The van der Waals surface area contributed by atoms with Crippen molar-refractivity contribution >= 4 is 17.3 Å². The first-order chi connectivity index (χ1) is 16.5. The molecule has 34 heavy (non-hydrogen) atoms. The second-order valence-electron chi connectivity index (χ2n) is 8.24. The number of fused-ring (bicyclic) bond motifs is 1. The van der Waals surface area contributed by atoms with Crippen LogP contribution in [0.4, 0.5) is 24.8 Å². The number of benzene rings is 2. The number of hydrogen-bond acceptors (Lipinski definition) is 5. The van der Waals surface area contributed by atoms with Crippen LogP contribution in [-0.4, -0.2) is 45.7 Å². The van der Waals surface area contributed by atoms with E-state index in [1.807, 2.05) is 24.3 Å². The van der Waals surface area contributed by atoms with E-state index in [1.54, 1.807) is 22.7 Å². The van der Waals surface area contributed by atoms with E-state index in [1.165, 1.54) is 25.0 Å². The van der Waals surface area contributed by atoms with Gasteiger partial charge in [0.05, 0.1) is 11.3 Å². The van der Waals surface area contributed by atoms with Crippen LogP contribution in [-0.2, 0) is 6.18 Å². The van der Waals surface area contributed by atoms with Crippen molar-refractivity contribution in [1.82, 2.24) is 19.5 Å². The fourth-order valence-electron chi connectivity index (χ4n) is 4.07. The van der Waals surface area contributed by atoms with Crippen LogP contribution in [0.2, 0.25) is 0 Å². The van der Waals surface area contributed by atoms with Crippen LogP contribution in [0.25, 0.3) is 16.9 Å². The minimum absolute atomic E-state index is 0.391. The maximum atomic E-state index is 12.9. The molecule has 5 rings (SSSR count). The Morgan fingerprint density at radius 3 is 2.35 bits per heavy atom. The number of nitrogens with zero attached hydrogens (tertiary/aromatic N) is 4. The van der Waals surface area contributed by atoms with E-state index in [9.17, 15) is 13.2 Å². The van der Waals surface area contributed by atoms with Gasteiger partial charge in [-0.1, -0.05) is 18.2 Å². The molecule has 2 aromatic heterocycles. The molecule has 0 saturated carbocycles. The topological polar surface area (TPSA) is 54.7 Å². The van der Waals surface area contributed by atoms with Crippen LogP contribution in [0, 0.1) is 0 Å². The summed E-state index contributed by atoms with van der Waals surface area (Å²) in [6.45, 7) is 3.90. The molecule has 176 valence electrons. The van der Waals surface area contributed by atoms with Crippen molar-refractivity contribution in [3.8, 4) is 17.0 Å². The first-order valence-electron chi connectivity index (χ1n) is 11.2. The van der Waals surface area contributed by atoms with Crippen molar-refractivity contribution in [3.05, 3.63) is 72.3 Å². The average molecular weight is 467 g/mol. The lowest BCUT2D eigenvalue weighted by atomic mass is 10.1. The molecule has 6 nitrogen and oxygen atoms in total. The Hall–Kier alpha value is -3.59. The van der Waals surface area contributed by atoms with Crippen molar-refractivity contribution in [1.29, 1.82) is 0 Å². The number of ether oxygens (including phenoxy) is 1. The minimum Gasteiger partial charge on any atom is -0.492 e. The van der Waals surface area contributed by atoms with E-state index in [2.05, 4.69) is 20.3 Å². The fraction of sp³-hybridized carbons (Fsp3) is 0.280. The standard InChI is InChI=1S/C25H24F3N5O/c26-25(27,28)19-8-6-18(7-9-19)22-4-3-5-23-30-24(31-33(22)23)29-20-10-12-21(13-11-20)34-17-16-32-14-1-2-15-32/h3-13H,1-2,14-17H2,(H,29,31). The van der Waals surface area contributed by atoms with Gasteiger partial charge >= 0.3 is 6.18 Å². The largest absolute Gasteiger partial charge is 0.492 e. The Morgan fingerprint density at radius 2 is 1.65 bits per heavy atom. The zero-order valence-electron chi connectivity index (χ0n) is 18.4. The van der Waals surface area contributed by atoms with Gasteiger partial charge in [0.25, 0.3) is 0 Å². The molecule has 1 fully saturated rings. The molecule has 0 atom stereocenters. The first-order valence-corrected chi connectivity index (χ1v) is 11.2. The molecule has 0 amide bonds. The molecule has 1 saturated heterocycles. The fourth-order valence-corrected chi connectivity index (χ4v) is 4.07. The highest BCUT2D eigenvalue weighted by atomic mass is 19.4. The van der Waals surface area contributed by atoms with Crippen LogP contribution in [0.15, 0.2) is 66.7 Å². The molecular weight excluding hydrogens is 443 g/mol. The molecule has 0 radical (unpaired) electrons. The quantitative estimate of drug-likeness (QED) is 0.382. The Labute approximate surface area is 195 Å². The summed E-state index contributed by atoms with van der Waals surface area (Å²) in [5, 5.41) is 7.68. The number of pyridine rings is 1. The number of rotatable bonds is 7. The monoisotopic (exact) mass is 467 g/mol. The van der Waals surface area contributed by atoms with E-state index in [4.69, 9.17) is 4.74 Å². The van der Waals surface area contributed by atoms with Gasteiger partial charge in [-0.2, -0.15) is 18.2 Å². The van der Waals surface area contributed by atoms with Crippen molar-refractivity contribution in [2.45, 2.75) is 19.0 Å². The van der Waals surface area contributed by atoms with Gasteiger partial charge in [-0.15, -0.1) is 5.10 Å². The van der Waals surface area contributed by atoms with Gasteiger partial charge in [0.1, 0.15) is 12.4 Å². The summed E-state index contributed by atoms with van der Waals surface area (Å²) < 4.78 is 46.1. The van der Waals surface area contributed by atoms with Gasteiger partial charge in [0.15, 0.2) is 5.65 Å². The first kappa shape index (κ1) is 22.2. The maximum Gasteiger partial charge on any atom is 0.416 e. The smallest absolute Gasteiger partial charge is 0.416 e. The summed E-state index contributed by atoms with van der Waals surface area (Å²) in [7, 11) is 0. The van der Waals surface area contributed by atoms with Gasteiger partial charge in [-0.3, -0.25) is 4.90 Å². The van der Waals surface area contributed by atoms with Gasteiger partial charge < -0.3 is 10.1 Å². The molecule has 0 bridgehead atoms. The lowest BCUT2D eigenvalue weighted by Gasteiger charge is -2.15. The summed E-state index contributed by atoms with van der Waals surface area (Å²) in [4.78, 5) is 6.90. The zero-order chi connectivity index (χ0) is 23.5. The van der Waals surface area contributed by atoms with Crippen molar-refractivity contribution in [3.63, 3.8) is 0 Å². The minimum atomic E-state index is -4.37. The van der Waals surface area contributed by atoms with E-state index >= 15 is 0 Å². The van der Waals surface area contributed by atoms with Gasteiger partial charge in [0.2, 0.25) is 5.95 Å². The van der Waals surface area contributed by atoms with Crippen molar-refractivity contribution in [2.24, 2.45) is 0 Å². The van der Waals surface area contributed by atoms with Gasteiger partial charge in [0, 0.05) is 17.8 Å². The van der Waals surface area contributed by atoms with Crippen LogP contribution in [0.1, 0.15) is 18.4 Å². The van der Waals surface area contributed by atoms with E-state index < -0.39 is 11.7 Å². The number of anilines is 2. The molecular formula is C25H24F3N5O. The van der Waals surface area contributed by atoms with Crippen LogP contribution in [0.3, 0.4) is 0 Å². The number of halogens is 3. The molecule has 9 heteroatoms. The summed E-state index contributed by atoms with van der Waals surface area (Å²) in [6, 6.07) is 18.0. The molecule has 1 N–H and O–H groups in total. The highest BCUT2D eigenvalue weighted by Crippen LogP contribution is 2.31. The molecule has 1 aliphatic heterocycles. The average Bonchev–Trinajstić information content (AvgIpc) is 3.49. The Bertz CT molecular complexity index is 1250. The molecule has 4 aromatic rings. The molecule has 3 heterocycles. The summed E-state index contributed by atoms with van der Waals surface area (Å²) in [5.41, 5.74) is 1.97. The highest BCUT2D eigenvalue weighted by Gasteiger charge is 2.30. The lowest BCUT2D eigenvalue weighted by molar-refractivity contribution is -0.137. The van der Waals surface area contributed by atoms with E-state index in [0.29, 0.717) is 29.5 Å². The van der Waals surface area contributed by atoms with E-state index in [-0.39, 0.29) is 0 Å². The summed E-state index contributed by atoms with van der Waals surface area (Å²) >= 11 is 0. The third-order valence-electron chi connectivity index (χ3n) is 5.85. The van der Waals surface area contributed by atoms with Crippen LogP contribution in [0.5, 0.6) is 5.75 Å². The Balaban J connectivity index is 1.27.